The van der Waals surface area contributed by atoms with Crippen molar-refractivity contribution in [3.63, 3.8) is 0 Å². The number of hydrogen-bond acceptors (Lipinski definition) is 22. The minimum absolute atomic E-state index is 0.00174. The molecule has 3 aliphatic heterocycles. The Morgan fingerprint density at radius 2 is 0.932 bits per heavy atom. The standard InChI is InChI=1S/C30H26Cl2FN7O4.C25H24Cl2N6O4.C24H28F2N6O4/c1-4-24(41)36-20-7-5-6-8-21(20)37-29-35-13-17-15-39(27-25(31)22(43-2)12-23(44-3)26(27)32)30(42)40(28(17)38-29)14-16-9-10-18(33)19(34)11-16;1-13(2)23(34)29-15-8-6-7-9-16(15)30-24-28-11-14-12-33(25(35)32(3)22(14)31-24)21-19(26)17(36-4)10-18(37-5)20(21)27;1-5-18(33)28-14-8-6-7-9-15(14)29-23-27-11-13-12-32(24(34)31(2)22(13)30-23)21-19(25)16(35-3)10-17(36-4)20(21)26/h4-13H,1,14-15,34H2,2-3H3,(H,36,41)(H,35,37,38);6-11H,1,12H2,2-5H3,(H,29,34)(H,28,30,31);5,10-11,14-15H,1,6-9,12H2,2-4H3,(H,28,33)(H,27,29,30)/t;;14-,15+/m..0/s1. The van der Waals surface area contributed by atoms with Crippen LogP contribution in [-0.4, -0.2) is 135 Å². The summed E-state index contributed by atoms with van der Waals surface area (Å²) in [4.78, 5) is 111. The fourth-order valence-electron chi connectivity index (χ4n) is 12.8. The molecule has 0 saturated heterocycles. The summed E-state index contributed by atoms with van der Waals surface area (Å²) in [6.07, 6.45) is 10.6. The first kappa shape index (κ1) is 84.8. The number of fused-ring (bicyclic) bond motifs is 3. The second-order valence-electron chi connectivity index (χ2n) is 26.2. The highest BCUT2D eigenvalue weighted by atomic mass is 35.5. The SMILES string of the molecule is C=C(C)C(=O)Nc1ccccc1Nc1ncc2c(n1)N(C)C(=O)N(c1c(Cl)c(OC)cc(OC)c1Cl)C2.C=CC(=O)N[C@H]1CCCC[C@H]1Nc1ncc2c(n1)N(C)C(=O)N(c1c(F)c(OC)cc(OC)c1F)C2.C=CC(=O)Nc1ccccc1Nc1ncc2c(n1)N(Cc1ccc(F)c(N)c1)C(=O)N(c1c(Cl)c(OC)cc(OC)c1Cl)C2. The van der Waals surface area contributed by atoms with Crippen LogP contribution in [0.15, 0.2) is 141 Å². The van der Waals surface area contributed by atoms with Gasteiger partial charge in [0.25, 0.3) is 5.91 Å². The van der Waals surface area contributed by atoms with Crippen LogP contribution >= 0.6 is 46.4 Å². The molecule has 6 aromatic carbocycles. The van der Waals surface area contributed by atoms with Crippen molar-refractivity contribution in [2.24, 2.45) is 0 Å². The molecule has 13 rings (SSSR count). The number of carbonyl (C=O) groups is 6. The number of anilines is 14. The molecule has 1 fully saturated rings. The Morgan fingerprint density at radius 3 is 1.38 bits per heavy atom. The predicted octanol–water partition coefficient (Wildman–Crippen LogP) is 15.5. The number of para-hydroxylation sites is 4. The van der Waals surface area contributed by atoms with Gasteiger partial charge in [0, 0.05) is 85.2 Å². The third kappa shape index (κ3) is 18.2. The number of ether oxygens (including phenoxy) is 6. The molecule has 9 aromatic rings. The lowest BCUT2D eigenvalue weighted by Crippen LogP contribution is -2.49. The van der Waals surface area contributed by atoms with E-state index in [0.29, 0.717) is 73.7 Å². The molecule has 2 atom stereocenters. The summed E-state index contributed by atoms with van der Waals surface area (Å²) in [7, 11) is 11.3. The number of halogens is 7. The van der Waals surface area contributed by atoms with Crippen LogP contribution in [0.5, 0.6) is 34.5 Å². The number of urea groups is 3. The molecule has 9 amide bonds. The van der Waals surface area contributed by atoms with Crippen LogP contribution in [-0.2, 0) is 40.6 Å². The zero-order chi connectivity index (χ0) is 84.4. The van der Waals surface area contributed by atoms with E-state index in [0.717, 1.165) is 42.7 Å². The van der Waals surface area contributed by atoms with E-state index in [2.05, 4.69) is 81.5 Å². The van der Waals surface area contributed by atoms with Crippen LogP contribution in [0.1, 0.15) is 54.9 Å². The molecular formula is C79H78Cl4F3N19O12. The highest BCUT2D eigenvalue weighted by Crippen LogP contribution is 2.51. The van der Waals surface area contributed by atoms with Crippen LogP contribution in [0.3, 0.4) is 0 Å². The Balaban J connectivity index is 0.000000173. The van der Waals surface area contributed by atoms with Gasteiger partial charge < -0.3 is 66.1 Å². The summed E-state index contributed by atoms with van der Waals surface area (Å²) in [5, 5.41) is 18.4. The minimum Gasteiger partial charge on any atom is -0.495 e. The molecule has 0 unspecified atom stereocenters. The number of nitrogens with zero attached hydrogens (tertiary/aromatic N) is 12. The van der Waals surface area contributed by atoms with Gasteiger partial charge in [-0.1, -0.05) is 109 Å². The van der Waals surface area contributed by atoms with Crippen LogP contribution in [0, 0.1) is 17.5 Å². The average molecular weight is 1680 g/mol. The number of hydrogen-bond donors (Lipinski definition) is 7. The molecule has 0 radical (unpaired) electrons. The topological polar surface area (TPSA) is 353 Å². The monoisotopic (exact) mass is 1680 g/mol. The van der Waals surface area contributed by atoms with Crippen LogP contribution in [0.4, 0.5) is 108 Å². The van der Waals surface area contributed by atoms with Crippen molar-refractivity contribution in [2.45, 2.75) is 70.9 Å². The lowest BCUT2D eigenvalue weighted by molar-refractivity contribution is -0.117. The van der Waals surface area contributed by atoms with Crippen LogP contribution in [0.25, 0.3) is 0 Å². The molecular weight excluding hydrogens is 1610 g/mol. The number of methoxy groups -OCH3 is 6. The van der Waals surface area contributed by atoms with Crippen molar-refractivity contribution in [3.05, 3.63) is 201 Å². The van der Waals surface area contributed by atoms with Gasteiger partial charge in [0.15, 0.2) is 23.1 Å². The average Bonchev–Trinajstić information content (AvgIpc) is 0.762. The maximum atomic E-state index is 15.1. The molecule has 0 bridgehead atoms. The minimum atomic E-state index is -1.02. The molecule has 38 heteroatoms. The Kier molecular flexibility index (Phi) is 26.9. The van der Waals surface area contributed by atoms with Gasteiger partial charge in [0.2, 0.25) is 29.7 Å². The lowest BCUT2D eigenvalue weighted by Gasteiger charge is -2.37. The predicted molar refractivity (Wildman–Crippen MR) is 443 cm³/mol. The van der Waals surface area contributed by atoms with E-state index >= 15 is 8.78 Å². The largest absolute Gasteiger partial charge is 0.495 e. The van der Waals surface area contributed by atoms with E-state index in [4.69, 9.17) is 80.6 Å². The van der Waals surface area contributed by atoms with E-state index in [1.54, 1.807) is 81.0 Å². The number of nitrogen functional groups attached to an aromatic ring is 1. The zero-order valence-corrected chi connectivity index (χ0v) is 67.4. The number of amides is 9. The van der Waals surface area contributed by atoms with Gasteiger partial charge >= 0.3 is 18.1 Å². The first-order chi connectivity index (χ1) is 56.1. The number of nitrogens with one attached hydrogen (secondary N) is 6. The highest BCUT2D eigenvalue weighted by Gasteiger charge is 2.41. The summed E-state index contributed by atoms with van der Waals surface area (Å²) in [5.41, 5.74) is 10.3. The van der Waals surface area contributed by atoms with Crippen LogP contribution in [0.2, 0.25) is 20.1 Å². The summed E-state index contributed by atoms with van der Waals surface area (Å²) in [6.45, 7) is 12.2. The third-order valence-corrected chi connectivity index (χ3v) is 20.2. The maximum absolute atomic E-state index is 15.1. The summed E-state index contributed by atoms with van der Waals surface area (Å²) in [5.74, 6) is -1.31. The Bertz CT molecular complexity index is 5340. The molecule has 3 aromatic heterocycles. The summed E-state index contributed by atoms with van der Waals surface area (Å²) >= 11 is 26.5. The van der Waals surface area contributed by atoms with Crippen molar-refractivity contribution in [1.82, 2.24) is 35.2 Å². The van der Waals surface area contributed by atoms with Crippen molar-refractivity contribution < 1.29 is 70.4 Å². The summed E-state index contributed by atoms with van der Waals surface area (Å²) < 4.78 is 75.6. The van der Waals surface area contributed by atoms with Crippen LogP contribution < -0.4 is 95.5 Å². The lowest BCUT2D eigenvalue weighted by atomic mass is 9.90. The Hall–Kier alpha value is -13.1. The maximum Gasteiger partial charge on any atom is 0.330 e. The summed E-state index contributed by atoms with van der Waals surface area (Å²) in [6, 6.07) is 20.5. The molecule has 1 aliphatic carbocycles. The first-order valence-electron chi connectivity index (χ1n) is 35.5. The molecule has 610 valence electrons. The van der Waals surface area contributed by atoms with Crippen molar-refractivity contribution >= 4 is 163 Å². The van der Waals surface area contributed by atoms with Crippen molar-refractivity contribution in [2.75, 3.05) is 118 Å². The normalized spacial score (nSPS) is 14.6. The van der Waals surface area contributed by atoms with Gasteiger partial charge in [-0.3, -0.25) is 43.8 Å². The smallest absolute Gasteiger partial charge is 0.330 e. The van der Waals surface area contributed by atoms with Crippen molar-refractivity contribution in [3.8, 4) is 34.5 Å². The quantitative estimate of drug-likeness (QED) is 0.0231. The molecule has 8 N–H and O–H groups in total. The second kappa shape index (κ2) is 37.0. The molecule has 6 heterocycles. The van der Waals surface area contributed by atoms with Gasteiger partial charge in [0.05, 0.1) is 109 Å². The second-order valence-corrected chi connectivity index (χ2v) is 27.7. The fraction of sp³-hybridized carbons (Fsp3) is 0.241. The third-order valence-electron chi connectivity index (χ3n) is 18.8. The van der Waals surface area contributed by atoms with E-state index in [1.807, 2.05) is 0 Å². The van der Waals surface area contributed by atoms with Gasteiger partial charge in [-0.05, 0) is 73.9 Å². The fourth-order valence-corrected chi connectivity index (χ4v) is 14.2. The molecule has 0 spiro atoms. The first-order valence-corrected chi connectivity index (χ1v) is 37.0. The molecule has 117 heavy (non-hydrogen) atoms. The molecule has 4 aliphatic rings. The van der Waals surface area contributed by atoms with Gasteiger partial charge in [-0.2, -0.15) is 15.0 Å². The Labute approximate surface area is 689 Å². The number of carbonyl (C=O) groups excluding carboxylic acids is 6. The number of nitrogens with two attached hydrogens (primary N) is 1. The number of rotatable bonds is 23. The van der Waals surface area contributed by atoms with E-state index in [-0.39, 0.29) is 134 Å². The zero-order valence-electron chi connectivity index (χ0n) is 64.4. The van der Waals surface area contributed by atoms with Gasteiger partial charge in [-0.25, -0.2) is 42.5 Å². The van der Waals surface area contributed by atoms with Gasteiger partial charge in [-0.15, -0.1) is 0 Å². The van der Waals surface area contributed by atoms with Crippen molar-refractivity contribution in [1.29, 1.82) is 0 Å². The number of aromatic nitrogens is 6. The van der Waals surface area contributed by atoms with E-state index < -0.39 is 47.1 Å². The molecule has 1 saturated carbocycles. The molecule has 31 nitrogen and oxygen atoms in total. The van der Waals surface area contributed by atoms with Gasteiger partial charge in [0.1, 0.15) is 72.0 Å². The van der Waals surface area contributed by atoms with E-state index in [1.165, 1.54) is 111 Å². The van der Waals surface area contributed by atoms with E-state index in [9.17, 15) is 33.2 Å². The number of benzene rings is 6. The highest BCUT2D eigenvalue weighted by molar-refractivity contribution is 6.43. The Morgan fingerprint density at radius 1 is 0.530 bits per heavy atom.